The summed E-state index contributed by atoms with van der Waals surface area (Å²) in [6.45, 7) is 2.59. The molecule has 0 bridgehead atoms. The van der Waals surface area contributed by atoms with Crippen molar-refractivity contribution < 1.29 is 27.1 Å². The van der Waals surface area contributed by atoms with E-state index in [0.29, 0.717) is 64.2 Å². The maximum atomic E-state index is 14.1. The van der Waals surface area contributed by atoms with Gasteiger partial charge in [-0.3, -0.25) is 0 Å². The Hall–Kier alpha value is -5.26. The SMILES string of the molecule is CCNc1nccc(-c2cccnc2Oc2ccc(NC(=O)Nc3cc(C(F)(F)F)ccc3F)c3ccccc23)n1. The number of halogens is 4. The minimum absolute atomic E-state index is 0.289. The van der Waals surface area contributed by atoms with Gasteiger partial charge in [0.1, 0.15) is 11.6 Å². The number of ether oxygens (including phenoxy) is 1. The zero-order valence-electron chi connectivity index (χ0n) is 21.5. The van der Waals surface area contributed by atoms with Gasteiger partial charge >= 0.3 is 12.2 Å². The average molecular weight is 563 g/mol. The maximum absolute atomic E-state index is 14.1. The number of carbonyl (C=O) groups is 1. The highest BCUT2D eigenvalue weighted by atomic mass is 19.4. The first-order valence-electron chi connectivity index (χ1n) is 12.4. The fourth-order valence-electron chi connectivity index (χ4n) is 4.07. The quantitative estimate of drug-likeness (QED) is 0.176. The largest absolute Gasteiger partial charge is 0.438 e. The molecule has 0 aliphatic heterocycles. The van der Waals surface area contributed by atoms with Crippen LogP contribution >= 0.6 is 0 Å². The van der Waals surface area contributed by atoms with Crippen molar-refractivity contribution in [1.29, 1.82) is 0 Å². The van der Waals surface area contributed by atoms with Crippen LogP contribution in [0.3, 0.4) is 0 Å². The number of carbonyl (C=O) groups excluding carboxylic acids is 1. The third kappa shape index (κ3) is 6.16. The molecule has 5 rings (SSSR count). The first-order chi connectivity index (χ1) is 19.7. The first kappa shape index (κ1) is 27.3. The van der Waals surface area contributed by atoms with Gasteiger partial charge in [0.25, 0.3) is 0 Å². The van der Waals surface area contributed by atoms with Crippen LogP contribution in [0.2, 0.25) is 0 Å². The summed E-state index contributed by atoms with van der Waals surface area (Å²) in [6.07, 6.45) is -1.48. The second-order valence-electron chi connectivity index (χ2n) is 8.68. The van der Waals surface area contributed by atoms with Crippen molar-refractivity contribution in [2.24, 2.45) is 0 Å². The Morgan fingerprint density at radius 1 is 0.878 bits per heavy atom. The summed E-state index contributed by atoms with van der Waals surface area (Å²) in [5.41, 5.74) is -0.144. The highest BCUT2D eigenvalue weighted by molar-refractivity contribution is 6.07. The fourth-order valence-corrected chi connectivity index (χ4v) is 4.07. The van der Waals surface area contributed by atoms with Gasteiger partial charge in [-0.15, -0.1) is 0 Å². The van der Waals surface area contributed by atoms with Gasteiger partial charge in [0, 0.05) is 29.7 Å². The van der Waals surface area contributed by atoms with Crippen LogP contribution in [0.1, 0.15) is 12.5 Å². The molecule has 0 radical (unpaired) electrons. The summed E-state index contributed by atoms with van der Waals surface area (Å²) >= 11 is 0. The third-order valence-electron chi connectivity index (χ3n) is 5.92. The third-order valence-corrected chi connectivity index (χ3v) is 5.92. The van der Waals surface area contributed by atoms with E-state index in [2.05, 4.69) is 30.9 Å². The summed E-state index contributed by atoms with van der Waals surface area (Å²) in [7, 11) is 0. The molecule has 2 heterocycles. The number of benzene rings is 3. The lowest BCUT2D eigenvalue weighted by Crippen LogP contribution is -2.21. The number of amides is 2. The van der Waals surface area contributed by atoms with Crippen LogP contribution in [0, 0.1) is 5.82 Å². The molecule has 0 saturated carbocycles. The molecule has 2 aromatic heterocycles. The molecule has 0 aliphatic carbocycles. The summed E-state index contributed by atoms with van der Waals surface area (Å²) in [5, 5.41) is 8.97. The summed E-state index contributed by atoms with van der Waals surface area (Å²) < 4.78 is 59.5. The molecule has 0 unspecified atom stereocenters. The van der Waals surface area contributed by atoms with Gasteiger partial charge in [-0.1, -0.05) is 24.3 Å². The van der Waals surface area contributed by atoms with Crippen LogP contribution in [0.15, 0.2) is 85.2 Å². The van der Waals surface area contributed by atoms with Crippen LogP contribution in [-0.2, 0) is 6.18 Å². The average Bonchev–Trinajstić information content (AvgIpc) is 2.95. The predicted molar refractivity (Wildman–Crippen MR) is 147 cm³/mol. The Bertz CT molecular complexity index is 1730. The minimum atomic E-state index is -4.69. The Morgan fingerprint density at radius 2 is 1.66 bits per heavy atom. The topological polar surface area (TPSA) is 101 Å². The van der Waals surface area contributed by atoms with Crippen LogP contribution in [-0.4, -0.2) is 27.5 Å². The molecule has 208 valence electrons. The minimum Gasteiger partial charge on any atom is -0.438 e. The molecule has 0 fully saturated rings. The molecule has 3 N–H and O–H groups in total. The van der Waals surface area contributed by atoms with E-state index in [1.54, 1.807) is 60.9 Å². The van der Waals surface area contributed by atoms with Gasteiger partial charge in [0.05, 0.1) is 28.2 Å². The van der Waals surface area contributed by atoms with Gasteiger partial charge in [-0.05, 0) is 55.5 Å². The number of nitrogens with zero attached hydrogens (tertiary/aromatic N) is 3. The van der Waals surface area contributed by atoms with Crippen LogP contribution in [0.25, 0.3) is 22.0 Å². The van der Waals surface area contributed by atoms with Gasteiger partial charge in [0.15, 0.2) is 0 Å². The molecule has 3 aromatic carbocycles. The maximum Gasteiger partial charge on any atom is 0.416 e. The number of alkyl halides is 3. The lowest BCUT2D eigenvalue weighted by molar-refractivity contribution is -0.137. The number of aromatic nitrogens is 3. The Labute approximate surface area is 231 Å². The van der Waals surface area contributed by atoms with Crippen molar-refractivity contribution in [2.45, 2.75) is 13.1 Å². The second-order valence-corrected chi connectivity index (χ2v) is 8.68. The van der Waals surface area contributed by atoms with E-state index >= 15 is 0 Å². The molecule has 2 amide bonds. The van der Waals surface area contributed by atoms with Crippen molar-refractivity contribution in [1.82, 2.24) is 15.0 Å². The van der Waals surface area contributed by atoms with E-state index in [1.165, 1.54) is 0 Å². The highest BCUT2D eigenvalue weighted by Crippen LogP contribution is 2.37. The zero-order chi connectivity index (χ0) is 29.0. The van der Waals surface area contributed by atoms with E-state index < -0.39 is 29.3 Å². The zero-order valence-corrected chi connectivity index (χ0v) is 21.5. The molecule has 5 aromatic rings. The van der Waals surface area contributed by atoms with Crippen LogP contribution in [0.5, 0.6) is 11.6 Å². The standard InChI is InChI=1S/C29H22F4N6O2/c1-2-34-27-36-15-13-23(37-27)20-8-5-14-35-26(20)41-25-12-11-22(18-6-3-4-7-19(18)25)38-28(40)39-24-16-17(29(31,32)33)9-10-21(24)30/h3-16H,2H2,1H3,(H,34,36,37)(H2,38,39,40). The summed E-state index contributed by atoms with van der Waals surface area (Å²) in [5.74, 6) is 0.173. The summed E-state index contributed by atoms with van der Waals surface area (Å²) in [4.78, 5) is 25.8. The molecule has 41 heavy (non-hydrogen) atoms. The van der Waals surface area contributed by atoms with Crippen molar-refractivity contribution >= 4 is 34.1 Å². The lowest BCUT2D eigenvalue weighted by atomic mass is 10.1. The second kappa shape index (κ2) is 11.5. The highest BCUT2D eigenvalue weighted by Gasteiger charge is 2.31. The molecule has 0 atom stereocenters. The number of hydrogen-bond acceptors (Lipinski definition) is 6. The lowest BCUT2D eigenvalue weighted by Gasteiger charge is -2.15. The Kier molecular flexibility index (Phi) is 7.64. The number of pyridine rings is 1. The van der Waals surface area contributed by atoms with Gasteiger partial charge in [-0.25, -0.2) is 24.1 Å². The number of rotatable bonds is 7. The molecular formula is C29H22F4N6O2. The molecular weight excluding hydrogens is 540 g/mol. The van der Waals surface area contributed by atoms with Gasteiger partial charge in [0.2, 0.25) is 11.8 Å². The fraction of sp³-hybridized carbons (Fsp3) is 0.103. The number of anilines is 3. The predicted octanol–water partition coefficient (Wildman–Crippen LogP) is 7.72. The molecule has 0 saturated heterocycles. The van der Waals surface area contributed by atoms with Crippen molar-refractivity contribution in [2.75, 3.05) is 22.5 Å². The Morgan fingerprint density at radius 3 is 2.44 bits per heavy atom. The number of hydrogen-bond donors (Lipinski definition) is 3. The molecule has 0 aliphatic rings. The Balaban J connectivity index is 1.42. The van der Waals surface area contributed by atoms with Crippen LogP contribution < -0.4 is 20.7 Å². The van der Waals surface area contributed by atoms with Gasteiger partial charge < -0.3 is 20.7 Å². The van der Waals surface area contributed by atoms with E-state index in [9.17, 15) is 22.4 Å². The van der Waals surface area contributed by atoms with Crippen molar-refractivity contribution in [3.8, 4) is 22.9 Å². The number of urea groups is 1. The van der Waals surface area contributed by atoms with E-state index in [-0.39, 0.29) is 5.88 Å². The molecule has 12 heteroatoms. The normalized spacial score (nSPS) is 11.2. The monoisotopic (exact) mass is 562 g/mol. The van der Waals surface area contributed by atoms with E-state index in [1.807, 2.05) is 13.0 Å². The first-order valence-corrected chi connectivity index (χ1v) is 12.4. The number of fused-ring (bicyclic) bond motifs is 1. The van der Waals surface area contributed by atoms with Gasteiger partial charge in [-0.2, -0.15) is 13.2 Å². The molecule has 8 nitrogen and oxygen atoms in total. The summed E-state index contributed by atoms with van der Waals surface area (Å²) in [6, 6.07) is 16.4. The number of nitrogens with one attached hydrogen (secondary N) is 3. The van der Waals surface area contributed by atoms with E-state index in [4.69, 9.17) is 4.74 Å². The van der Waals surface area contributed by atoms with E-state index in [0.717, 1.165) is 0 Å². The van der Waals surface area contributed by atoms with Crippen molar-refractivity contribution in [3.05, 3.63) is 96.6 Å². The molecule has 0 spiro atoms. The van der Waals surface area contributed by atoms with Crippen LogP contribution in [0.4, 0.5) is 39.7 Å². The van der Waals surface area contributed by atoms with Crippen molar-refractivity contribution in [3.63, 3.8) is 0 Å². The smallest absolute Gasteiger partial charge is 0.416 e.